The van der Waals surface area contributed by atoms with Gasteiger partial charge < -0.3 is 10.1 Å². The maximum atomic E-state index is 12.3. The van der Waals surface area contributed by atoms with Crippen molar-refractivity contribution in [1.82, 2.24) is 10.2 Å². The number of esters is 1. The van der Waals surface area contributed by atoms with Gasteiger partial charge in [0.2, 0.25) is 0 Å². The van der Waals surface area contributed by atoms with Crippen molar-refractivity contribution in [3.05, 3.63) is 0 Å². The van der Waals surface area contributed by atoms with Gasteiger partial charge in [0.15, 0.2) is 0 Å². The first kappa shape index (κ1) is 14.9. The predicted molar refractivity (Wildman–Crippen MR) is 74.9 cm³/mol. The van der Waals surface area contributed by atoms with E-state index in [4.69, 9.17) is 27.9 Å². The molecule has 1 saturated heterocycles. The van der Waals surface area contributed by atoms with Crippen LogP contribution in [0.3, 0.4) is 0 Å². The second-order valence-electron chi connectivity index (χ2n) is 5.96. The number of nitrogens with one attached hydrogen (secondary N) is 1. The number of carbonyl (C=O) groups excluding carboxylic acids is 3. The lowest BCUT2D eigenvalue weighted by atomic mass is 9.98. The molecule has 0 aromatic rings. The summed E-state index contributed by atoms with van der Waals surface area (Å²) in [5.74, 6) is -1.02. The fraction of sp³-hybridized carbons (Fsp3) is 0.769. The molecule has 1 N–H and O–H groups in total. The zero-order valence-electron chi connectivity index (χ0n) is 11.4. The first-order valence-corrected chi connectivity index (χ1v) is 7.77. The standard InChI is InChI=1S/C13H16Cl2N2O4/c14-13(15)5-8(13)7-21-9(18)6-17-10(19)12(16-11(17)20)3-1-2-4-12/h8H,1-7H2,(H,16,20)/t8-/m0/s1. The summed E-state index contributed by atoms with van der Waals surface area (Å²) in [5.41, 5.74) is -0.796. The molecule has 1 atom stereocenters. The van der Waals surface area contributed by atoms with E-state index >= 15 is 0 Å². The Bertz CT molecular complexity index is 502. The Morgan fingerprint density at radius 2 is 1.95 bits per heavy atom. The number of amides is 3. The number of rotatable bonds is 4. The molecule has 2 saturated carbocycles. The molecule has 3 fully saturated rings. The average Bonchev–Trinajstić information content (AvgIpc) is 2.75. The largest absolute Gasteiger partial charge is 0.464 e. The minimum Gasteiger partial charge on any atom is -0.464 e. The topological polar surface area (TPSA) is 75.7 Å². The number of ether oxygens (including phenoxy) is 1. The van der Waals surface area contributed by atoms with Crippen molar-refractivity contribution in [3.8, 4) is 0 Å². The van der Waals surface area contributed by atoms with Crippen molar-refractivity contribution in [2.75, 3.05) is 13.2 Å². The van der Waals surface area contributed by atoms with Gasteiger partial charge in [-0.1, -0.05) is 12.8 Å². The van der Waals surface area contributed by atoms with Gasteiger partial charge in [-0.3, -0.25) is 14.5 Å². The number of carbonyl (C=O) groups is 3. The molecular weight excluding hydrogens is 319 g/mol. The molecule has 0 aromatic carbocycles. The lowest BCUT2D eigenvalue weighted by Gasteiger charge is -2.19. The second-order valence-corrected chi connectivity index (χ2v) is 7.50. The van der Waals surface area contributed by atoms with E-state index in [0.717, 1.165) is 17.7 Å². The highest BCUT2D eigenvalue weighted by Crippen LogP contribution is 2.53. The number of urea groups is 1. The third kappa shape index (κ3) is 2.71. The van der Waals surface area contributed by atoms with E-state index < -0.39 is 21.9 Å². The molecule has 1 heterocycles. The third-order valence-electron chi connectivity index (χ3n) is 4.39. The van der Waals surface area contributed by atoms with E-state index in [9.17, 15) is 14.4 Å². The minimum absolute atomic E-state index is 0.0749. The number of hydrogen-bond donors (Lipinski definition) is 1. The molecule has 0 unspecified atom stereocenters. The molecule has 3 aliphatic rings. The Hall–Kier alpha value is -1.01. The molecule has 0 bridgehead atoms. The van der Waals surface area contributed by atoms with Crippen molar-refractivity contribution in [2.45, 2.75) is 42.0 Å². The second kappa shape index (κ2) is 5.02. The Balaban J connectivity index is 1.53. The van der Waals surface area contributed by atoms with Crippen LogP contribution < -0.4 is 5.32 Å². The third-order valence-corrected chi connectivity index (χ3v) is 5.32. The molecule has 1 aliphatic heterocycles. The quantitative estimate of drug-likeness (QED) is 0.481. The number of halogens is 2. The molecule has 0 aromatic heterocycles. The fourth-order valence-corrected chi connectivity index (χ4v) is 3.45. The highest BCUT2D eigenvalue weighted by Gasteiger charge is 2.54. The van der Waals surface area contributed by atoms with Crippen LogP contribution in [0, 0.1) is 5.92 Å². The molecular formula is C13H16Cl2N2O4. The van der Waals surface area contributed by atoms with Crippen LogP contribution in [0.2, 0.25) is 0 Å². The lowest BCUT2D eigenvalue weighted by Crippen LogP contribution is -2.44. The number of alkyl halides is 2. The van der Waals surface area contributed by atoms with Crippen LogP contribution in [0.1, 0.15) is 32.1 Å². The van der Waals surface area contributed by atoms with Gasteiger partial charge in [0.05, 0.1) is 6.61 Å². The van der Waals surface area contributed by atoms with Crippen LogP contribution >= 0.6 is 23.2 Å². The summed E-state index contributed by atoms with van der Waals surface area (Å²) in [6.07, 6.45) is 3.65. The molecule has 0 radical (unpaired) electrons. The highest BCUT2D eigenvalue weighted by atomic mass is 35.5. The van der Waals surface area contributed by atoms with Crippen LogP contribution in [0.15, 0.2) is 0 Å². The number of hydrogen-bond acceptors (Lipinski definition) is 4. The summed E-state index contributed by atoms with van der Waals surface area (Å²) in [5, 5.41) is 2.71. The van der Waals surface area contributed by atoms with Crippen LogP contribution in [0.25, 0.3) is 0 Å². The fourth-order valence-electron chi connectivity index (χ4n) is 2.96. The molecule has 8 heteroatoms. The van der Waals surface area contributed by atoms with Gasteiger partial charge in [0.1, 0.15) is 16.4 Å². The van der Waals surface area contributed by atoms with Gasteiger partial charge in [-0.15, -0.1) is 23.2 Å². The van der Waals surface area contributed by atoms with Gasteiger partial charge in [-0.2, -0.15) is 0 Å². The van der Waals surface area contributed by atoms with Crippen LogP contribution in [0.5, 0.6) is 0 Å². The van der Waals surface area contributed by atoms with Crippen molar-refractivity contribution < 1.29 is 19.1 Å². The predicted octanol–water partition coefficient (Wildman–Crippen LogP) is 1.59. The van der Waals surface area contributed by atoms with E-state index in [2.05, 4.69) is 5.32 Å². The Morgan fingerprint density at radius 1 is 1.33 bits per heavy atom. The first-order chi connectivity index (χ1) is 9.84. The molecule has 1 spiro atoms. The summed E-state index contributed by atoms with van der Waals surface area (Å²) in [7, 11) is 0. The minimum atomic E-state index is -0.810. The lowest BCUT2D eigenvalue weighted by molar-refractivity contribution is -0.148. The van der Waals surface area contributed by atoms with Crippen molar-refractivity contribution in [1.29, 1.82) is 0 Å². The summed E-state index contributed by atoms with van der Waals surface area (Å²) in [6.45, 7) is -0.253. The van der Waals surface area contributed by atoms with E-state index in [1.54, 1.807) is 0 Å². The Kier molecular flexibility index (Phi) is 3.56. The Morgan fingerprint density at radius 3 is 2.52 bits per heavy atom. The maximum absolute atomic E-state index is 12.3. The molecule has 2 aliphatic carbocycles. The molecule has 116 valence electrons. The summed E-state index contributed by atoms with van der Waals surface area (Å²) < 4.78 is 4.22. The van der Waals surface area contributed by atoms with Crippen molar-refractivity contribution in [3.63, 3.8) is 0 Å². The van der Waals surface area contributed by atoms with Crippen LogP contribution in [0.4, 0.5) is 4.79 Å². The maximum Gasteiger partial charge on any atom is 0.326 e. The van der Waals surface area contributed by atoms with Crippen LogP contribution in [-0.4, -0.2) is 45.8 Å². The molecule has 3 rings (SSSR count). The zero-order valence-corrected chi connectivity index (χ0v) is 12.9. The molecule has 21 heavy (non-hydrogen) atoms. The highest BCUT2D eigenvalue weighted by molar-refractivity contribution is 6.50. The van der Waals surface area contributed by atoms with Crippen molar-refractivity contribution in [2.24, 2.45) is 5.92 Å². The van der Waals surface area contributed by atoms with Crippen molar-refractivity contribution >= 4 is 41.1 Å². The van der Waals surface area contributed by atoms with E-state index in [-0.39, 0.29) is 25.0 Å². The SMILES string of the molecule is O=C(CN1C(=O)NC2(CCCC2)C1=O)OC[C@@H]1CC1(Cl)Cl. The van der Waals surface area contributed by atoms with Gasteiger partial charge >= 0.3 is 12.0 Å². The zero-order chi connectivity index (χ0) is 15.3. The van der Waals surface area contributed by atoms with Gasteiger partial charge in [-0.25, -0.2) is 4.79 Å². The number of imide groups is 1. The average molecular weight is 335 g/mol. The van der Waals surface area contributed by atoms with Gasteiger partial charge in [-0.05, 0) is 19.3 Å². The first-order valence-electron chi connectivity index (χ1n) is 7.02. The van der Waals surface area contributed by atoms with E-state index in [1.165, 1.54) is 0 Å². The van der Waals surface area contributed by atoms with E-state index in [0.29, 0.717) is 19.3 Å². The van der Waals surface area contributed by atoms with Gasteiger partial charge in [0.25, 0.3) is 5.91 Å². The van der Waals surface area contributed by atoms with Gasteiger partial charge in [0, 0.05) is 5.92 Å². The monoisotopic (exact) mass is 334 g/mol. The summed E-state index contributed by atoms with van der Waals surface area (Å²) in [6, 6.07) is -0.519. The number of nitrogens with zero attached hydrogens (tertiary/aromatic N) is 1. The van der Waals surface area contributed by atoms with Crippen LogP contribution in [-0.2, 0) is 14.3 Å². The van der Waals surface area contributed by atoms with E-state index in [1.807, 2.05) is 0 Å². The smallest absolute Gasteiger partial charge is 0.326 e. The Labute approximate surface area is 132 Å². The molecule has 6 nitrogen and oxygen atoms in total. The summed E-state index contributed by atoms with van der Waals surface area (Å²) >= 11 is 11.7. The summed E-state index contributed by atoms with van der Waals surface area (Å²) in [4.78, 5) is 36.9. The normalized spacial score (nSPS) is 28.9. The molecule has 3 amide bonds.